The van der Waals surface area contributed by atoms with Crippen LogP contribution in [0.2, 0.25) is 0 Å². The number of carbonyl (C=O) groups is 1. The molecule has 5 heteroatoms. The molecule has 0 saturated carbocycles. The Labute approximate surface area is 120 Å². The van der Waals surface area contributed by atoms with Gasteiger partial charge in [-0.2, -0.15) is 0 Å². The molecule has 2 N–H and O–H groups in total. The molecule has 1 atom stereocenters. The summed E-state index contributed by atoms with van der Waals surface area (Å²) >= 11 is 0. The molecule has 2 rings (SSSR count). The molecular weight excluding hydrogens is 254 g/mol. The fourth-order valence-corrected chi connectivity index (χ4v) is 2.35. The first kappa shape index (κ1) is 14.8. The quantitative estimate of drug-likeness (QED) is 0.835. The molecule has 1 aromatic carbocycles. The Morgan fingerprint density at radius 3 is 2.90 bits per heavy atom. The number of hydrogen-bond donors (Lipinski definition) is 2. The summed E-state index contributed by atoms with van der Waals surface area (Å²) in [5.41, 5.74) is 1.05. The van der Waals surface area contributed by atoms with Crippen molar-refractivity contribution in [3.8, 4) is 5.75 Å². The molecule has 110 valence electrons. The van der Waals surface area contributed by atoms with E-state index in [0.29, 0.717) is 6.54 Å². The average Bonchev–Trinajstić information content (AvgIpc) is 2.48. The van der Waals surface area contributed by atoms with Crippen LogP contribution in [0.25, 0.3) is 0 Å². The van der Waals surface area contributed by atoms with Crippen molar-refractivity contribution in [1.82, 2.24) is 15.5 Å². The maximum atomic E-state index is 12.0. The van der Waals surface area contributed by atoms with Crippen LogP contribution < -0.4 is 15.4 Å². The van der Waals surface area contributed by atoms with Crippen molar-refractivity contribution >= 4 is 5.91 Å². The van der Waals surface area contributed by atoms with E-state index >= 15 is 0 Å². The second-order valence-corrected chi connectivity index (χ2v) is 5.09. The zero-order chi connectivity index (χ0) is 14.4. The molecule has 1 fully saturated rings. The molecule has 0 bridgehead atoms. The Morgan fingerprint density at radius 1 is 1.45 bits per heavy atom. The summed E-state index contributed by atoms with van der Waals surface area (Å²) in [6, 6.07) is 7.78. The zero-order valence-corrected chi connectivity index (χ0v) is 12.2. The lowest BCUT2D eigenvalue weighted by Gasteiger charge is -2.27. The van der Waals surface area contributed by atoms with Crippen LogP contribution in [0, 0.1) is 0 Å². The molecule has 1 amide bonds. The summed E-state index contributed by atoms with van der Waals surface area (Å²) in [7, 11) is 1.65. The maximum absolute atomic E-state index is 12.0. The van der Waals surface area contributed by atoms with Crippen LogP contribution in [-0.4, -0.2) is 50.6 Å². The minimum Gasteiger partial charge on any atom is -0.497 e. The van der Waals surface area contributed by atoms with Gasteiger partial charge in [0, 0.05) is 26.2 Å². The van der Waals surface area contributed by atoms with E-state index in [9.17, 15) is 4.79 Å². The smallest absolute Gasteiger partial charge is 0.234 e. The van der Waals surface area contributed by atoms with E-state index in [-0.39, 0.29) is 11.9 Å². The highest BCUT2D eigenvalue weighted by molar-refractivity contribution is 5.78. The Balaban J connectivity index is 1.86. The molecule has 1 aliphatic heterocycles. The lowest BCUT2D eigenvalue weighted by molar-refractivity contribution is -0.123. The van der Waals surface area contributed by atoms with Crippen LogP contribution in [0.5, 0.6) is 5.75 Å². The van der Waals surface area contributed by atoms with Crippen LogP contribution >= 0.6 is 0 Å². The number of ether oxygens (including phenoxy) is 1. The summed E-state index contributed by atoms with van der Waals surface area (Å²) in [5.74, 6) is 0.882. The van der Waals surface area contributed by atoms with Crippen LogP contribution in [0.15, 0.2) is 24.3 Å². The van der Waals surface area contributed by atoms with Gasteiger partial charge in [-0.3, -0.25) is 9.69 Å². The molecule has 1 aromatic rings. The van der Waals surface area contributed by atoms with Gasteiger partial charge in [0.05, 0.1) is 19.7 Å². The Bertz CT molecular complexity index is 444. The van der Waals surface area contributed by atoms with Gasteiger partial charge in [-0.25, -0.2) is 0 Å². The summed E-state index contributed by atoms with van der Waals surface area (Å²) < 4.78 is 5.20. The summed E-state index contributed by atoms with van der Waals surface area (Å²) in [5, 5.41) is 6.32. The van der Waals surface area contributed by atoms with Crippen LogP contribution in [0.3, 0.4) is 0 Å². The summed E-state index contributed by atoms with van der Waals surface area (Å²) in [4.78, 5) is 14.2. The van der Waals surface area contributed by atoms with Gasteiger partial charge in [0.2, 0.25) is 5.91 Å². The van der Waals surface area contributed by atoms with Gasteiger partial charge in [0.15, 0.2) is 0 Å². The first-order valence-electron chi connectivity index (χ1n) is 7.05. The fourth-order valence-electron chi connectivity index (χ4n) is 2.35. The molecule has 20 heavy (non-hydrogen) atoms. The fraction of sp³-hybridized carbons (Fsp3) is 0.533. The van der Waals surface area contributed by atoms with Gasteiger partial charge >= 0.3 is 0 Å². The normalized spacial score (nSPS) is 17.5. The monoisotopic (exact) mass is 277 g/mol. The Kier molecular flexibility index (Phi) is 5.38. The standard InChI is InChI=1S/C15H23N3O2/c1-12(13-4-3-5-14(10-13)20-2)17-15(19)11-18-8-6-16-7-9-18/h3-5,10,12,16H,6-9,11H2,1-2H3,(H,17,19)/t12-/m1/s1. The highest BCUT2D eigenvalue weighted by Crippen LogP contribution is 2.18. The van der Waals surface area contributed by atoms with E-state index in [2.05, 4.69) is 15.5 Å². The van der Waals surface area contributed by atoms with Crippen molar-refractivity contribution in [2.75, 3.05) is 39.8 Å². The predicted octanol–water partition coefficient (Wildman–Crippen LogP) is 0.778. The number of nitrogens with one attached hydrogen (secondary N) is 2. The summed E-state index contributed by atoms with van der Waals surface area (Å²) in [6.45, 7) is 6.24. The SMILES string of the molecule is COc1cccc([C@@H](C)NC(=O)CN2CCNCC2)c1. The third-order valence-electron chi connectivity index (χ3n) is 3.55. The third-order valence-corrected chi connectivity index (χ3v) is 3.55. The van der Waals surface area contributed by atoms with Gasteiger partial charge in [-0.15, -0.1) is 0 Å². The Morgan fingerprint density at radius 2 is 2.20 bits per heavy atom. The molecule has 0 aromatic heterocycles. The number of amides is 1. The number of piperazine rings is 1. The number of carbonyl (C=O) groups excluding carboxylic acids is 1. The molecule has 0 radical (unpaired) electrons. The first-order chi connectivity index (χ1) is 9.69. The van der Waals surface area contributed by atoms with Gasteiger partial charge in [0.25, 0.3) is 0 Å². The van der Waals surface area contributed by atoms with Gasteiger partial charge in [-0.05, 0) is 24.6 Å². The second kappa shape index (κ2) is 7.26. The lowest BCUT2D eigenvalue weighted by atomic mass is 10.1. The highest BCUT2D eigenvalue weighted by Gasteiger charge is 2.15. The average molecular weight is 277 g/mol. The molecule has 1 saturated heterocycles. The van der Waals surface area contributed by atoms with Crippen LogP contribution in [-0.2, 0) is 4.79 Å². The zero-order valence-electron chi connectivity index (χ0n) is 12.2. The van der Waals surface area contributed by atoms with Crippen molar-refractivity contribution in [2.24, 2.45) is 0 Å². The van der Waals surface area contributed by atoms with E-state index < -0.39 is 0 Å². The molecular formula is C15H23N3O2. The van der Waals surface area contributed by atoms with Crippen molar-refractivity contribution < 1.29 is 9.53 Å². The van der Waals surface area contributed by atoms with Gasteiger partial charge < -0.3 is 15.4 Å². The largest absolute Gasteiger partial charge is 0.497 e. The van der Waals surface area contributed by atoms with Crippen molar-refractivity contribution in [3.63, 3.8) is 0 Å². The summed E-state index contributed by atoms with van der Waals surface area (Å²) in [6.07, 6.45) is 0. The number of rotatable bonds is 5. The first-order valence-corrected chi connectivity index (χ1v) is 7.05. The van der Waals surface area contributed by atoms with E-state index in [1.54, 1.807) is 7.11 Å². The minimum absolute atomic E-state index is 0.0134. The van der Waals surface area contributed by atoms with Crippen LogP contribution in [0.4, 0.5) is 0 Å². The maximum Gasteiger partial charge on any atom is 0.234 e. The van der Waals surface area contributed by atoms with E-state index in [1.807, 2.05) is 31.2 Å². The van der Waals surface area contributed by atoms with Crippen molar-refractivity contribution in [3.05, 3.63) is 29.8 Å². The van der Waals surface area contributed by atoms with Crippen LogP contribution in [0.1, 0.15) is 18.5 Å². The Hall–Kier alpha value is -1.59. The van der Waals surface area contributed by atoms with E-state index in [1.165, 1.54) is 0 Å². The van der Waals surface area contributed by atoms with E-state index in [4.69, 9.17) is 4.74 Å². The van der Waals surface area contributed by atoms with Crippen molar-refractivity contribution in [1.29, 1.82) is 0 Å². The molecule has 0 spiro atoms. The third kappa shape index (κ3) is 4.21. The molecule has 5 nitrogen and oxygen atoms in total. The number of nitrogens with zero attached hydrogens (tertiary/aromatic N) is 1. The topological polar surface area (TPSA) is 53.6 Å². The van der Waals surface area contributed by atoms with E-state index in [0.717, 1.165) is 37.5 Å². The predicted molar refractivity (Wildman–Crippen MR) is 78.9 cm³/mol. The van der Waals surface area contributed by atoms with Crippen molar-refractivity contribution in [2.45, 2.75) is 13.0 Å². The molecule has 1 aliphatic rings. The second-order valence-electron chi connectivity index (χ2n) is 5.09. The number of methoxy groups -OCH3 is 1. The molecule has 0 unspecified atom stereocenters. The molecule has 0 aliphatic carbocycles. The van der Waals surface area contributed by atoms with Gasteiger partial charge in [-0.1, -0.05) is 12.1 Å². The molecule has 1 heterocycles. The number of hydrogen-bond acceptors (Lipinski definition) is 4. The minimum atomic E-state index is -0.0134. The lowest BCUT2D eigenvalue weighted by Crippen LogP contribution is -2.47. The highest BCUT2D eigenvalue weighted by atomic mass is 16.5. The number of benzene rings is 1. The van der Waals surface area contributed by atoms with Gasteiger partial charge in [0.1, 0.15) is 5.75 Å².